The lowest BCUT2D eigenvalue weighted by atomic mass is 10.0. The Kier molecular flexibility index (Phi) is 3.78. The Hall–Kier alpha value is -1.98. The molecule has 19 heavy (non-hydrogen) atoms. The molecule has 1 heterocycles. The molecule has 1 unspecified atom stereocenters. The van der Waals surface area contributed by atoms with Crippen molar-refractivity contribution in [2.45, 2.75) is 12.5 Å². The monoisotopic (exact) mass is 261 g/mol. The summed E-state index contributed by atoms with van der Waals surface area (Å²) in [5.74, 6) is 0. The summed E-state index contributed by atoms with van der Waals surface area (Å²) in [6.07, 6.45) is 1.49. The van der Waals surface area contributed by atoms with Crippen LogP contribution in [0.1, 0.15) is 5.56 Å². The van der Waals surface area contributed by atoms with Crippen molar-refractivity contribution >= 4 is 11.4 Å². The summed E-state index contributed by atoms with van der Waals surface area (Å²) in [4.78, 5) is 0. The molecule has 0 radical (unpaired) electrons. The predicted molar refractivity (Wildman–Crippen MR) is 76.5 cm³/mol. The van der Waals surface area contributed by atoms with E-state index in [2.05, 4.69) is 0 Å². The Morgan fingerprint density at radius 2 is 2.05 bits per heavy atom. The molecule has 1 atom stereocenters. The first-order valence-electron chi connectivity index (χ1n) is 6.11. The summed E-state index contributed by atoms with van der Waals surface area (Å²) in [7, 11) is 1.93. The number of benzene rings is 1. The standard InChI is InChI=1S/C14H19N3O2/c1-17-4-2-3-13(17)11-6-9(5-10(19)8-18)7-12(15)14(11)16/h2-4,6-7,10,18-19H,5,8,15-16H2,1H3. The van der Waals surface area contributed by atoms with Crippen molar-refractivity contribution in [1.82, 2.24) is 4.57 Å². The molecule has 0 saturated heterocycles. The smallest absolute Gasteiger partial charge is 0.0811 e. The molecule has 0 fully saturated rings. The van der Waals surface area contributed by atoms with Crippen LogP contribution in [0.5, 0.6) is 0 Å². The highest BCUT2D eigenvalue weighted by Gasteiger charge is 2.12. The summed E-state index contributed by atoms with van der Waals surface area (Å²) in [6.45, 7) is -0.274. The third kappa shape index (κ3) is 2.72. The van der Waals surface area contributed by atoms with Crippen LogP contribution in [0.4, 0.5) is 11.4 Å². The van der Waals surface area contributed by atoms with Crippen molar-refractivity contribution in [3.05, 3.63) is 36.0 Å². The van der Waals surface area contributed by atoms with Gasteiger partial charge in [-0.25, -0.2) is 0 Å². The molecular weight excluding hydrogens is 242 g/mol. The zero-order chi connectivity index (χ0) is 14.0. The van der Waals surface area contributed by atoms with Gasteiger partial charge in [0.15, 0.2) is 0 Å². The molecule has 1 aromatic heterocycles. The third-order valence-corrected chi connectivity index (χ3v) is 3.17. The van der Waals surface area contributed by atoms with Crippen molar-refractivity contribution in [1.29, 1.82) is 0 Å². The van der Waals surface area contributed by atoms with Crippen LogP contribution in [0.25, 0.3) is 11.3 Å². The van der Waals surface area contributed by atoms with E-state index in [4.69, 9.17) is 16.6 Å². The van der Waals surface area contributed by atoms with Gasteiger partial charge in [-0.1, -0.05) is 0 Å². The molecular formula is C14H19N3O2. The lowest BCUT2D eigenvalue weighted by Gasteiger charge is -2.14. The van der Waals surface area contributed by atoms with Gasteiger partial charge in [-0.15, -0.1) is 0 Å². The van der Waals surface area contributed by atoms with Crippen molar-refractivity contribution in [3.8, 4) is 11.3 Å². The number of hydrogen-bond donors (Lipinski definition) is 4. The van der Waals surface area contributed by atoms with Crippen LogP contribution in [0.3, 0.4) is 0 Å². The first-order chi connectivity index (χ1) is 9.02. The summed E-state index contributed by atoms with van der Waals surface area (Å²) in [6, 6.07) is 7.53. The molecule has 1 aromatic carbocycles. The van der Waals surface area contributed by atoms with Crippen LogP contribution in [0.15, 0.2) is 30.5 Å². The van der Waals surface area contributed by atoms with E-state index in [0.717, 1.165) is 16.8 Å². The second-order valence-electron chi connectivity index (χ2n) is 4.69. The molecule has 0 saturated carbocycles. The maximum atomic E-state index is 9.52. The second-order valence-corrected chi connectivity index (χ2v) is 4.69. The number of nitrogen functional groups attached to an aromatic ring is 2. The molecule has 2 aromatic rings. The van der Waals surface area contributed by atoms with Gasteiger partial charge < -0.3 is 26.2 Å². The number of aliphatic hydroxyl groups excluding tert-OH is 2. The number of aliphatic hydroxyl groups is 2. The van der Waals surface area contributed by atoms with Crippen LogP contribution in [-0.4, -0.2) is 27.5 Å². The predicted octanol–water partition coefficient (Wildman–Crippen LogP) is 0.752. The first kappa shape index (κ1) is 13.5. The number of hydrogen-bond acceptors (Lipinski definition) is 4. The van der Waals surface area contributed by atoms with Gasteiger partial charge in [0.1, 0.15) is 0 Å². The number of aromatic nitrogens is 1. The van der Waals surface area contributed by atoms with Gasteiger partial charge in [0.25, 0.3) is 0 Å². The molecule has 0 amide bonds. The maximum absolute atomic E-state index is 9.52. The van der Waals surface area contributed by atoms with E-state index in [1.54, 1.807) is 6.07 Å². The van der Waals surface area contributed by atoms with Crippen LogP contribution in [-0.2, 0) is 13.5 Å². The summed E-state index contributed by atoms with van der Waals surface area (Å²) >= 11 is 0. The van der Waals surface area contributed by atoms with Crippen molar-refractivity contribution in [2.24, 2.45) is 7.05 Å². The molecule has 0 spiro atoms. The van der Waals surface area contributed by atoms with Gasteiger partial charge in [-0.2, -0.15) is 0 Å². The normalized spacial score (nSPS) is 12.6. The Balaban J connectivity index is 2.46. The molecule has 102 valence electrons. The molecule has 5 heteroatoms. The molecule has 0 aliphatic rings. The number of rotatable bonds is 4. The van der Waals surface area contributed by atoms with Gasteiger partial charge in [0.2, 0.25) is 0 Å². The fourth-order valence-electron chi connectivity index (χ4n) is 2.15. The average Bonchev–Trinajstić information content (AvgIpc) is 2.79. The van der Waals surface area contributed by atoms with Gasteiger partial charge >= 0.3 is 0 Å². The fraction of sp³-hybridized carbons (Fsp3) is 0.286. The van der Waals surface area contributed by atoms with Gasteiger partial charge in [0.05, 0.1) is 24.1 Å². The minimum Gasteiger partial charge on any atom is -0.397 e. The average molecular weight is 261 g/mol. The zero-order valence-corrected chi connectivity index (χ0v) is 10.9. The number of nitrogens with zero attached hydrogens (tertiary/aromatic N) is 1. The molecule has 2 rings (SSSR count). The molecule has 0 aliphatic carbocycles. The van der Waals surface area contributed by atoms with Crippen molar-refractivity contribution in [3.63, 3.8) is 0 Å². The molecule has 5 nitrogen and oxygen atoms in total. The quantitative estimate of drug-likeness (QED) is 0.611. The number of aryl methyl sites for hydroxylation is 1. The summed E-state index contributed by atoms with van der Waals surface area (Å²) in [5.41, 5.74) is 15.6. The van der Waals surface area contributed by atoms with Crippen LogP contribution >= 0.6 is 0 Å². The third-order valence-electron chi connectivity index (χ3n) is 3.17. The largest absolute Gasteiger partial charge is 0.397 e. The highest BCUT2D eigenvalue weighted by Crippen LogP contribution is 2.32. The second kappa shape index (κ2) is 5.34. The first-order valence-corrected chi connectivity index (χ1v) is 6.11. The van der Waals surface area contributed by atoms with Gasteiger partial charge in [-0.3, -0.25) is 0 Å². The van der Waals surface area contributed by atoms with E-state index in [1.165, 1.54) is 0 Å². The lowest BCUT2D eigenvalue weighted by molar-refractivity contribution is 0.0955. The highest BCUT2D eigenvalue weighted by atomic mass is 16.3. The van der Waals surface area contributed by atoms with Gasteiger partial charge in [0, 0.05) is 30.9 Å². The Bertz CT molecular complexity index is 578. The number of anilines is 2. The lowest BCUT2D eigenvalue weighted by Crippen LogP contribution is -2.15. The van der Waals surface area contributed by atoms with E-state index >= 15 is 0 Å². The Morgan fingerprint density at radius 3 is 2.63 bits per heavy atom. The van der Waals surface area contributed by atoms with Crippen LogP contribution in [0, 0.1) is 0 Å². The van der Waals surface area contributed by atoms with E-state index in [9.17, 15) is 5.11 Å². The highest BCUT2D eigenvalue weighted by molar-refractivity contribution is 5.84. The van der Waals surface area contributed by atoms with Crippen LogP contribution in [0.2, 0.25) is 0 Å². The van der Waals surface area contributed by atoms with E-state index in [-0.39, 0.29) is 6.61 Å². The Morgan fingerprint density at radius 1 is 1.32 bits per heavy atom. The fourth-order valence-corrected chi connectivity index (χ4v) is 2.15. The minimum atomic E-state index is -0.788. The van der Waals surface area contributed by atoms with E-state index < -0.39 is 6.10 Å². The summed E-state index contributed by atoms with van der Waals surface area (Å²) in [5, 5.41) is 18.4. The van der Waals surface area contributed by atoms with Crippen LogP contribution < -0.4 is 11.5 Å². The van der Waals surface area contributed by atoms with E-state index in [0.29, 0.717) is 17.8 Å². The molecule has 0 bridgehead atoms. The van der Waals surface area contributed by atoms with Crippen molar-refractivity contribution < 1.29 is 10.2 Å². The topological polar surface area (TPSA) is 97.4 Å². The minimum absolute atomic E-state index is 0.274. The zero-order valence-electron chi connectivity index (χ0n) is 10.9. The molecule has 6 N–H and O–H groups in total. The van der Waals surface area contributed by atoms with Gasteiger partial charge in [-0.05, 0) is 29.8 Å². The molecule has 0 aliphatic heterocycles. The van der Waals surface area contributed by atoms with Crippen molar-refractivity contribution in [2.75, 3.05) is 18.1 Å². The number of nitrogens with two attached hydrogens (primary N) is 2. The SMILES string of the molecule is Cn1cccc1-c1cc(CC(O)CO)cc(N)c1N. The maximum Gasteiger partial charge on any atom is 0.0811 e. The Labute approximate surface area is 112 Å². The summed E-state index contributed by atoms with van der Waals surface area (Å²) < 4.78 is 1.96. The van der Waals surface area contributed by atoms with E-state index in [1.807, 2.05) is 36.0 Å².